The predicted molar refractivity (Wildman–Crippen MR) is 85.6 cm³/mol. The van der Waals surface area contributed by atoms with Crippen molar-refractivity contribution < 1.29 is 19.1 Å². The van der Waals surface area contributed by atoms with Crippen molar-refractivity contribution in [1.82, 2.24) is 10.2 Å². The second-order valence-corrected chi connectivity index (χ2v) is 6.63. The van der Waals surface area contributed by atoms with Crippen LogP contribution < -0.4 is 5.32 Å². The molecule has 0 spiro atoms. The van der Waals surface area contributed by atoms with Gasteiger partial charge in [0, 0.05) is 20.0 Å². The third kappa shape index (κ3) is 5.52. The molecule has 23 heavy (non-hydrogen) atoms. The number of ether oxygens (including phenoxy) is 1. The fourth-order valence-electron chi connectivity index (χ4n) is 3.51. The van der Waals surface area contributed by atoms with E-state index in [1.807, 2.05) is 0 Å². The molecule has 0 aromatic rings. The molecule has 1 atom stereocenters. The highest BCUT2D eigenvalue weighted by molar-refractivity contribution is 5.86. The summed E-state index contributed by atoms with van der Waals surface area (Å²) in [6.07, 6.45) is 8.29. The lowest BCUT2D eigenvalue weighted by molar-refractivity contribution is -0.155. The number of amides is 2. The predicted octanol–water partition coefficient (Wildman–Crippen LogP) is 1.63. The van der Waals surface area contributed by atoms with Gasteiger partial charge in [-0.3, -0.25) is 9.59 Å². The summed E-state index contributed by atoms with van der Waals surface area (Å²) in [4.78, 5) is 37.6. The Labute approximate surface area is 137 Å². The zero-order chi connectivity index (χ0) is 16.7. The fourth-order valence-corrected chi connectivity index (χ4v) is 3.51. The minimum absolute atomic E-state index is 0.125. The Bertz CT molecular complexity index is 424. The fraction of sp³-hybridized carbons (Fsp3) is 0.824. The van der Waals surface area contributed by atoms with Crippen LogP contribution in [0.5, 0.6) is 0 Å². The van der Waals surface area contributed by atoms with Crippen LogP contribution >= 0.6 is 0 Å². The van der Waals surface area contributed by atoms with E-state index in [0.717, 1.165) is 64.5 Å². The molecule has 0 aromatic carbocycles. The van der Waals surface area contributed by atoms with Gasteiger partial charge in [-0.05, 0) is 31.6 Å². The molecule has 0 bridgehead atoms. The van der Waals surface area contributed by atoms with Crippen LogP contribution in [0.4, 0.5) is 0 Å². The molecular weight excluding hydrogens is 296 g/mol. The van der Waals surface area contributed by atoms with E-state index in [1.54, 1.807) is 4.90 Å². The minimum atomic E-state index is -0.619. The summed E-state index contributed by atoms with van der Waals surface area (Å²) in [6.45, 7) is 2.67. The number of carbonyl (C=O) groups excluding carboxylic acids is 3. The van der Waals surface area contributed by atoms with E-state index >= 15 is 0 Å². The van der Waals surface area contributed by atoms with Gasteiger partial charge < -0.3 is 15.0 Å². The van der Waals surface area contributed by atoms with E-state index in [0.29, 0.717) is 0 Å². The van der Waals surface area contributed by atoms with Crippen molar-refractivity contribution in [3.05, 3.63) is 0 Å². The third-order valence-electron chi connectivity index (χ3n) is 4.78. The maximum atomic E-state index is 12.3. The number of carbonyl (C=O) groups is 3. The number of esters is 1. The third-order valence-corrected chi connectivity index (χ3v) is 4.78. The first-order valence-electron chi connectivity index (χ1n) is 8.79. The maximum absolute atomic E-state index is 12.3. The molecule has 0 aromatic heterocycles. The van der Waals surface area contributed by atoms with Crippen LogP contribution in [0.15, 0.2) is 0 Å². The van der Waals surface area contributed by atoms with E-state index in [1.165, 1.54) is 6.92 Å². The molecule has 1 saturated heterocycles. The number of rotatable bonds is 5. The van der Waals surface area contributed by atoms with Gasteiger partial charge in [0.1, 0.15) is 6.04 Å². The van der Waals surface area contributed by atoms with Gasteiger partial charge >= 0.3 is 5.97 Å². The molecule has 1 aliphatic heterocycles. The zero-order valence-electron chi connectivity index (χ0n) is 14.0. The molecular formula is C17H28N2O4. The summed E-state index contributed by atoms with van der Waals surface area (Å²) < 4.78 is 5.23. The van der Waals surface area contributed by atoms with E-state index in [4.69, 9.17) is 4.74 Å². The Morgan fingerprint density at radius 1 is 1.04 bits per heavy atom. The largest absolute Gasteiger partial charge is 0.454 e. The van der Waals surface area contributed by atoms with Crippen LogP contribution in [0.3, 0.4) is 0 Å². The molecule has 2 aliphatic rings. The lowest BCUT2D eigenvalue weighted by Crippen LogP contribution is -2.46. The van der Waals surface area contributed by atoms with Crippen LogP contribution in [0, 0.1) is 5.92 Å². The molecule has 1 heterocycles. The smallest absolute Gasteiger partial charge is 0.329 e. The van der Waals surface area contributed by atoms with Crippen molar-refractivity contribution in [2.75, 3.05) is 19.7 Å². The van der Waals surface area contributed by atoms with Crippen molar-refractivity contribution in [3.63, 3.8) is 0 Å². The second-order valence-electron chi connectivity index (χ2n) is 6.63. The van der Waals surface area contributed by atoms with E-state index in [-0.39, 0.29) is 24.3 Å². The molecule has 1 aliphatic carbocycles. The van der Waals surface area contributed by atoms with Crippen LogP contribution in [0.25, 0.3) is 0 Å². The van der Waals surface area contributed by atoms with Gasteiger partial charge in [-0.1, -0.05) is 25.7 Å². The highest BCUT2D eigenvalue weighted by atomic mass is 16.5. The molecule has 6 heteroatoms. The molecule has 2 fully saturated rings. The molecule has 0 radical (unpaired) electrons. The second kappa shape index (κ2) is 8.89. The first kappa shape index (κ1) is 17.8. The lowest BCUT2D eigenvalue weighted by atomic mass is 9.98. The highest BCUT2D eigenvalue weighted by Gasteiger charge is 2.33. The summed E-state index contributed by atoms with van der Waals surface area (Å²) in [5.74, 6) is -0.721. The topological polar surface area (TPSA) is 75.7 Å². The molecule has 2 amide bonds. The highest BCUT2D eigenvalue weighted by Crippen LogP contribution is 2.28. The van der Waals surface area contributed by atoms with Crippen molar-refractivity contribution in [3.8, 4) is 0 Å². The number of hydrogen-bond acceptors (Lipinski definition) is 4. The van der Waals surface area contributed by atoms with Crippen LogP contribution in [-0.2, 0) is 19.1 Å². The number of nitrogens with one attached hydrogen (secondary N) is 1. The number of hydrogen-bond donors (Lipinski definition) is 1. The summed E-state index contributed by atoms with van der Waals surface area (Å²) in [7, 11) is 0. The Morgan fingerprint density at radius 2 is 1.65 bits per heavy atom. The van der Waals surface area contributed by atoms with Crippen molar-refractivity contribution in [2.24, 2.45) is 5.92 Å². The van der Waals surface area contributed by atoms with Gasteiger partial charge in [0.05, 0.1) is 0 Å². The Kier molecular flexibility index (Phi) is 6.86. The Balaban J connectivity index is 1.84. The molecule has 130 valence electrons. The lowest BCUT2D eigenvalue weighted by Gasteiger charge is -2.24. The summed E-state index contributed by atoms with van der Waals surface area (Å²) in [6, 6.07) is -0.619. The Morgan fingerprint density at radius 3 is 2.22 bits per heavy atom. The average molecular weight is 324 g/mol. The first-order chi connectivity index (χ1) is 11.1. The van der Waals surface area contributed by atoms with Gasteiger partial charge in [-0.25, -0.2) is 4.79 Å². The van der Waals surface area contributed by atoms with Crippen molar-refractivity contribution >= 4 is 17.8 Å². The van der Waals surface area contributed by atoms with Crippen LogP contribution in [0.2, 0.25) is 0 Å². The quantitative estimate of drug-likeness (QED) is 0.780. The standard InChI is InChI=1S/C17H28N2O4/c1-13(20)18-16(14-8-4-5-9-14)17(22)23-12-15(21)19-10-6-2-3-7-11-19/h14,16H,2-12H2,1H3,(H,18,20). The molecule has 1 unspecified atom stereocenters. The summed E-state index contributed by atoms with van der Waals surface area (Å²) in [5.41, 5.74) is 0. The molecule has 1 saturated carbocycles. The monoisotopic (exact) mass is 324 g/mol. The van der Waals surface area contributed by atoms with E-state index < -0.39 is 12.0 Å². The van der Waals surface area contributed by atoms with Crippen LogP contribution in [0.1, 0.15) is 58.3 Å². The normalized spacial score (nSPS) is 20.7. The van der Waals surface area contributed by atoms with Crippen LogP contribution in [-0.4, -0.2) is 48.4 Å². The van der Waals surface area contributed by atoms with Gasteiger partial charge in [0.25, 0.3) is 5.91 Å². The minimum Gasteiger partial charge on any atom is -0.454 e. The van der Waals surface area contributed by atoms with E-state index in [2.05, 4.69) is 5.32 Å². The van der Waals surface area contributed by atoms with Crippen molar-refractivity contribution in [1.29, 1.82) is 0 Å². The summed E-state index contributed by atoms with van der Waals surface area (Å²) in [5, 5.41) is 2.70. The number of nitrogens with zero attached hydrogens (tertiary/aromatic N) is 1. The van der Waals surface area contributed by atoms with Gasteiger partial charge in [-0.15, -0.1) is 0 Å². The van der Waals surface area contributed by atoms with Gasteiger partial charge in [0.2, 0.25) is 5.91 Å². The average Bonchev–Trinajstić information content (AvgIpc) is 2.91. The number of likely N-dealkylation sites (tertiary alicyclic amines) is 1. The molecule has 6 nitrogen and oxygen atoms in total. The first-order valence-corrected chi connectivity index (χ1v) is 8.79. The van der Waals surface area contributed by atoms with Gasteiger partial charge in [-0.2, -0.15) is 0 Å². The maximum Gasteiger partial charge on any atom is 0.329 e. The van der Waals surface area contributed by atoms with E-state index in [9.17, 15) is 14.4 Å². The van der Waals surface area contributed by atoms with Crippen molar-refractivity contribution in [2.45, 2.75) is 64.3 Å². The van der Waals surface area contributed by atoms with Gasteiger partial charge in [0.15, 0.2) is 6.61 Å². The zero-order valence-corrected chi connectivity index (χ0v) is 14.0. The summed E-state index contributed by atoms with van der Waals surface area (Å²) >= 11 is 0. The SMILES string of the molecule is CC(=O)NC(C(=O)OCC(=O)N1CCCCCC1)C1CCCC1. The molecule has 2 rings (SSSR count). The molecule has 1 N–H and O–H groups in total. The Hall–Kier alpha value is -1.59.